The predicted molar refractivity (Wildman–Crippen MR) is 142 cm³/mol. The molecule has 0 unspecified atom stereocenters. The Morgan fingerprint density at radius 3 is 2.29 bits per heavy atom. The van der Waals surface area contributed by atoms with E-state index in [4.69, 9.17) is 11.6 Å². The van der Waals surface area contributed by atoms with E-state index in [9.17, 15) is 4.79 Å². The topological polar surface area (TPSA) is 51.3 Å². The summed E-state index contributed by atoms with van der Waals surface area (Å²) in [7, 11) is 0. The van der Waals surface area contributed by atoms with Crippen molar-refractivity contribution in [2.24, 2.45) is 5.10 Å². The lowest BCUT2D eigenvalue weighted by Crippen LogP contribution is -2.18. The van der Waals surface area contributed by atoms with Crippen molar-refractivity contribution in [1.29, 1.82) is 0 Å². The molecule has 0 aliphatic heterocycles. The number of hydrogen-bond donors (Lipinski definition) is 1. The molecule has 2 aromatic heterocycles. The molecule has 5 aromatic rings. The third-order valence-corrected chi connectivity index (χ3v) is 6.03. The molecule has 0 aliphatic rings. The van der Waals surface area contributed by atoms with Crippen LogP contribution in [-0.2, 0) is 0 Å². The van der Waals surface area contributed by atoms with Crippen LogP contribution in [0.1, 0.15) is 21.7 Å². The Bertz CT molecular complexity index is 1480. The first-order valence-electron chi connectivity index (χ1n) is 11.2. The third-order valence-electron chi connectivity index (χ3n) is 5.78. The Hall–Kier alpha value is -4.35. The number of benzene rings is 3. The van der Waals surface area contributed by atoms with Gasteiger partial charge in [-0.1, -0.05) is 41.9 Å². The summed E-state index contributed by atoms with van der Waals surface area (Å²) in [5.74, 6) is -0.273. The van der Waals surface area contributed by atoms with Crippen molar-refractivity contribution in [2.75, 3.05) is 0 Å². The molecule has 35 heavy (non-hydrogen) atoms. The summed E-state index contributed by atoms with van der Waals surface area (Å²) in [5.41, 5.74) is 9.30. The average molecular weight is 479 g/mol. The van der Waals surface area contributed by atoms with Crippen LogP contribution in [0.15, 0.2) is 114 Å². The maximum Gasteiger partial charge on any atom is 0.271 e. The van der Waals surface area contributed by atoms with Gasteiger partial charge in [-0.3, -0.25) is 4.79 Å². The van der Waals surface area contributed by atoms with Crippen molar-refractivity contribution in [1.82, 2.24) is 14.6 Å². The lowest BCUT2D eigenvalue weighted by Gasteiger charge is -2.12. The van der Waals surface area contributed by atoms with Crippen molar-refractivity contribution in [2.45, 2.75) is 6.92 Å². The van der Waals surface area contributed by atoms with Crippen LogP contribution in [0.25, 0.3) is 22.6 Å². The van der Waals surface area contributed by atoms with E-state index in [0.29, 0.717) is 10.6 Å². The van der Waals surface area contributed by atoms with E-state index >= 15 is 0 Å². The second-order valence-corrected chi connectivity index (χ2v) is 8.52. The van der Waals surface area contributed by atoms with E-state index in [-0.39, 0.29) is 5.91 Å². The van der Waals surface area contributed by atoms with Gasteiger partial charge in [-0.05, 0) is 85.3 Å². The van der Waals surface area contributed by atoms with Crippen molar-refractivity contribution < 1.29 is 4.79 Å². The number of aromatic nitrogens is 2. The Labute approximate surface area is 208 Å². The van der Waals surface area contributed by atoms with Gasteiger partial charge in [0.1, 0.15) is 0 Å². The molecular formula is C29H23ClN4O. The molecule has 5 nitrogen and oxygen atoms in total. The summed E-state index contributed by atoms with van der Waals surface area (Å²) in [6, 6.07) is 33.3. The fourth-order valence-corrected chi connectivity index (χ4v) is 4.16. The Morgan fingerprint density at radius 2 is 1.54 bits per heavy atom. The van der Waals surface area contributed by atoms with Crippen molar-refractivity contribution in [3.05, 3.63) is 131 Å². The highest BCUT2D eigenvalue weighted by Crippen LogP contribution is 2.26. The first kappa shape index (κ1) is 22.4. The SMILES string of the molecule is Cc1ccc(-c2ccccc2)n1-c1ccc(C(=O)N/N=C/c2cccn2-c2ccc(Cl)cc2)cc1. The highest BCUT2D eigenvalue weighted by atomic mass is 35.5. The molecule has 0 bridgehead atoms. The van der Waals surface area contributed by atoms with Crippen LogP contribution < -0.4 is 5.43 Å². The molecule has 0 saturated heterocycles. The summed E-state index contributed by atoms with van der Waals surface area (Å²) in [4.78, 5) is 12.7. The van der Waals surface area contributed by atoms with Crippen LogP contribution in [0.2, 0.25) is 5.02 Å². The molecule has 172 valence electrons. The fourth-order valence-electron chi connectivity index (χ4n) is 4.04. The smallest absolute Gasteiger partial charge is 0.271 e. The van der Waals surface area contributed by atoms with Crippen LogP contribution in [0.4, 0.5) is 0 Å². The Kier molecular flexibility index (Phi) is 6.33. The molecule has 0 saturated carbocycles. The largest absolute Gasteiger partial charge is 0.316 e. The van der Waals surface area contributed by atoms with Crippen LogP contribution in [-0.4, -0.2) is 21.3 Å². The number of rotatable bonds is 6. The summed E-state index contributed by atoms with van der Waals surface area (Å²) in [5, 5.41) is 4.84. The van der Waals surface area contributed by atoms with Gasteiger partial charge in [0.25, 0.3) is 5.91 Å². The molecule has 5 rings (SSSR count). The Morgan fingerprint density at radius 1 is 0.829 bits per heavy atom. The summed E-state index contributed by atoms with van der Waals surface area (Å²) in [6.45, 7) is 2.07. The van der Waals surface area contributed by atoms with E-state index in [2.05, 4.69) is 46.3 Å². The van der Waals surface area contributed by atoms with E-state index in [1.807, 2.05) is 89.6 Å². The minimum absolute atomic E-state index is 0.273. The van der Waals surface area contributed by atoms with Crippen LogP contribution in [0.3, 0.4) is 0 Å². The molecule has 0 spiro atoms. The number of carbonyl (C=O) groups is 1. The van der Waals surface area contributed by atoms with Gasteiger partial charge in [-0.2, -0.15) is 5.10 Å². The van der Waals surface area contributed by atoms with Crippen LogP contribution >= 0.6 is 11.6 Å². The highest BCUT2D eigenvalue weighted by molar-refractivity contribution is 6.30. The number of hydrazone groups is 1. The lowest BCUT2D eigenvalue weighted by atomic mass is 10.1. The van der Waals surface area contributed by atoms with Gasteiger partial charge in [-0.15, -0.1) is 0 Å². The first-order valence-corrected chi connectivity index (χ1v) is 11.6. The number of aryl methyl sites for hydroxylation is 1. The van der Waals surface area contributed by atoms with Gasteiger partial charge in [-0.25, -0.2) is 5.43 Å². The van der Waals surface area contributed by atoms with Gasteiger partial charge in [0.05, 0.1) is 17.6 Å². The zero-order valence-corrected chi connectivity index (χ0v) is 19.9. The molecule has 0 atom stereocenters. The van der Waals surface area contributed by atoms with Gasteiger partial charge < -0.3 is 9.13 Å². The maximum atomic E-state index is 12.7. The molecular weight excluding hydrogens is 456 g/mol. The standard InChI is InChI=1S/C29H23ClN4O/c1-21-9-18-28(22-6-3-2-4-7-22)34(21)26-14-10-23(11-15-26)29(35)32-31-20-27-8-5-19-33(27)25-16-12-24(30)13-17-25/h2-20H,1H3,(H,32,35)/b31-20+. The number of amides is 1. The van der Waals surface area contributed by atoms with Gasteiger partial charge in [0, 0.05) is 33.9 Å². The number of nitrogens with zero attached hydrogens (tertiary/aromatic N) is 3. The number of carbonyl (C=O) groups excluding carboxylic acids is 1. The molecule has 2 heterocycles. The first-order chi connectivity index (χ1) is 17.1. The van der Waals surface area contributed by atoms with E-state index in [1.165, 1.54) is 0 Å². The maximum absolute atomic E-state index is 12.7. The van der Waals surface area contributed by atoms with E-state index < -0.39 is 0 Å². The molecule has 3 aromatic carbocycles. The number of nitrogens with one attached hydrogen (secondary N) is 1. The zero-order chi connectivity index (χ0) is 24.2. The normalized spacial score (nSPS) is 11.1. The predicted octanol–water partition coefficient (Wildman–Crippen LogP) is 6.66. The second kappa shape index (κ2) is 9.87. The van der Waals surface area contributed by atoms with E-state index in [0.717, 1.165) is 34.0 Å². The van der Waals surface area contributed by atoms with Crippen molar-refractivity contribution >= 4 is 23.7 Å². The van der Waals surface area contributed by atoms with Gasteiger partial charge in [0.2, 0.25) is 0 Å². The lowest BCUT2D eigenvalue weighted by molar-refractivity contribution is 0.0955. The van der Waals surface area contributed by atoms with Gasteiger partial charge >= 0.3 is 0 Å². The monoisotopic (exact) mass is 478 g/mol. The Balaban J connectivity index is 1.30. The fraction of sp³-hybridized carbons (Fsp3) is 0.0345. The summed E-state index contributed by atoms with van der Waals surface area (Å²) < 4.78 is 4.14. The highest BCUT2D eigenvalue weighted by Gasteiger charge is 2.11. The minimum Gasteiger partial charge on any atom is -0.316 e. The molecule has 6 heteroatoms. The average Bonchev–Trinajstić information content (AvgIpc) is 3.52. The molecule has 0 radical (unpaired) electrons. The number of halogens is 1. The second-order valence-electron chi connectivity index (χ2n) is 8.09. The molecule has 0 fully saturated rings. The summed E-state index contributed by atoms with van der Waals surface area (Å²) >= 11 is 5.99. The number of hydrogen-bond acceptors (Lipinski definition) is 2. The van der Waals surface area contributed by atoms with Crippen molar-refractivity contribution in [3.8, 4) is 22.6 Å². The van der Waals surface area contributed by atoms with Crippen LogP contribution in [0, 0.1) is 6.92 Å². The van der Waals surface area contributed by atoms with Gasteiger partial charge in [0.15, 0.2) is 0 Å². The zero-order valence-electron chi connectivity index (χ0n) is 19.1. The van der Waals surface area contributed by atoms with E-state index in [1.54, 1.807) is 6.21 Å². The summed E-state index contributed by atoms with van der Waals surface area (Å²) in [6.07, 6.45) is 3.55. The molecule has 1 N–H and O–H groups in total. The molecule has 1 amide bonds. The third kappa shape index (κ3) is 4.81. The minimum atomic E-state index is -0.273. The van der Waals surface area contributed by atoms with Crippen LogP contribution in [0.5, 0.6) is 0 Å². The van der Waals surface area contributed by atoms with Crippen molar-refractivity contribution in [3.63, 3.8) is 0 Å². The molecule has 0 aliphatic carbocycles. The quantitative estimate of drug-likeness (QED) is 0.215.